The number of aromatic nitrogens is 3. The molecular formula is C17H23N5OS. The first-order valence-corrected chi connectivity index (χ1v) is 9.31. The number of aryl methyl sites for hydroxylation is 2. The second-order valence-electron chi connectivity index (χ2n) is 6.35. The third-order valence-electron chi connectivity index (χ3n) is 4.21. The van der Waals surface area contributed by atoms with Gasteiger partial charge in [0, 0.05) is 23.3 Å². The van der Waals surface area contributed by atoms with Crippen LogP contribution in [0.3, 0.4) is 0 Å². The molecular weight excluding hydrogens is 322 g/mol. The molecule has 1 amide bonds. The molecule has 1 saturated carbocycles. The van der Waals surface area contributed by atoms with Crippen molar-refractivity contribution in [2.75, 3.05) is 11.9 Å². The predicted molar refractivity (Wildman–Crippen MR) is 95.8 cm³/mol. The standard InChI is InChI=1S/C17H23N5OS/c1-11-8-12(2)20-16(19-11)22-17-21-14(10-24-17)15(23)18-9-13-6-4-3-5-7-13/h8,10,13H,3-7,9H2,1-2H3,(H,18,23)(H,19,20,21,22). The first-order valence-electron chi connectivity index (χ1n) is 8.43. The molecule has 0 aromatic carbocycles. The van der Waals surface area contributed by atoms with E-state index in [0.717, 1.165) is 17.9 Å². The summed E-state index contributed by atoms with van der Waals surface area (Å²) in [5, 5.41) is 8.47. The molecule has 1 aliphatic rings. The first kappa shape index (κ1) is 16.8. The molecule has 6 nitrogen and oxygen atoms in total. The Kier molecular flexibility index (Phi) is 5.40. The van der Waals surface area contributed by atoms with E-state index in [2.05, 4.69) is 25.6 Å². The van der Waals surface area contributed by atoms with Crippen molar-refractivity contribution < 1.29 is 4.79 Å². The molecule has 128 valence electrons. The van der Waals surface area contributed by atoms with Crippen LogP contribution in [0.1, 0.15) is 54.0 Å². The van der Waals surface area contributed by atoms with Crippen LogP contribution in [0.15, 0.2) is 11.4 Å². The molecule has 0 saturated heterocycles. The van der Waals surface area contributed by atoms with Gasteiger partial charge in [-0.1, -0.05) is 19.3 Å². The molecule has 0 spiro atoms. The second kappa shape index (κ2) is 7.70. The quantitative estimate of drug-likeness (QED) is 0.865. The van der Waals surface area contributed by atoms with Crippen LogP contribution in [-0.2, 0) is 0 Å². The Labute approximate surface area is 146 Å². The van der Waals surface area contributed by atoms with Crippen LogP contribution in [-0.4, -0.2) is 27.4 Å². The van der Waals surface area contributed by atoms with E-state index in [1.165, 1.54) is 43.4 Å². The van der Waals surface area contributed by atoms with Crippen molar-refractivity contribution in [2.24, 2.45) is 5.92 Å². The van der Waals surface area contributed by atoms with Gasteiger partial charge in [-0.25, -0.2) is 15.0 Å². The minimum atomic E-state index is -0.105. The molecule has 0 radical (unpaired) electrons. The number of anilines is 2. The summed E-state index contributed by atoms with van der Waals surface area (Å²) in [6.07, 6.45) is 6.32. The highest BCUT2D eigenvalue weighted by Crippen LogP contribution is 2.23. The van der Waals surface area contributed by atoms with Gasteiger partial charge in [-0.05, 0) is 38.7 Å². The van der Waals surface area contributed by atoms with E-state index in [1.807, 2.05) is 19.9 Å². The van der Waals surface area contributed by atoms with Crippen molar-refractivity contribution in [3.05, 3.63) is 28.5 Å². The Hall–Kier alpha value is -2.02. The lowest BCUT2D eigenvalue weighted by atomic mass is 9.89. The van der Waals surface area contributed by atoms with Crippen LogP contribution < -0.4 is 10.6 Å². The number of hydrogen-bond acceptors (Lipinski definition) is 6. The number of nitrogens with zero attached hydrogens (tertiary/aromatic N) is 3. The first-order chi connectivity index (χ1) is 11.6. The maximum absolute atomic E-state index is 12.2. The van der Waals surface area contributed by atoms with Gasteiger partial charge < -0.3 is 10.6 Å². The van der Waals surface area contributed by atoms with E-state index < -0.39 is 0 Å². The lowest BCUT2D eigenvalue weighted by molar-refractivity contribution is 0.0939. The number of nitrogens with one attached hydrogen (secondary N) is 2. The van der Waals surface area contributed by atoms with Crippen LogP contribution in [0.4, 0.5) is 11.1 Å². The highest BCUT2D eigenvalue weighted by molar-refractivity contribution is 7.14. The Balaban J connectivity index is 1.57. The second-order valence-corrected chi connectivity index (χ2v) is 7.21. The van der Waals surface area contributed by atoms with Crippen molar-refractivity contribution in [1.82, 2.24) is 20.3 Å². The fraction of sp³-hybridized carbons (Fsp3) is 0.529. The molecule has 0 unspecified atom stereocenters. The van der Waals surface area contributed by atoms with Gasteiger partial charge >= 0.3 is 0 Å². The SMILES string of the molecule is Cc1cc(C)nc(Nc2nc(C(=O)NCC3CCCCC3)cs2)n1. The largest absolute Gasteiger partial charge is 0.350 e. The molecule has 2 N–H and O–H groups in total. The van der Waals surface area contributed by atoms with Gasteiger partial charge in [0.05, 0.1) is 0 Å². The molecule has 0 bridgehead atoms. The van der Waals surface area contributed by atoms with Gasteiger partial charge in [-0.15, -0.1) is 11.3 Å². The normalized spacial score (nSPS) is 15.2. The maximum Gasteiger partial charge on any atom is 0.270 e. The molecule has 1 fully saturated rings. The van der Waals surface area contributed by atoms with Crippen LogP contribution >= 0.6 is 11.3 Å². The minimum absolute atomic E-state index is 0.105. The average molecular weight is 345 g/mol. The number of carbonyl (C=O) groups is 1. The van der Waals surface area contributed by atoms with Gasteiger partial charge in [0.1, 0.15) is 5.69 Å². The zero-order valence-corrected chi connectivity index (χ0v) is 14.9. The number of carbonyl (C=O) groups excluding carboxylic acids is 1. The van der Waals surface area contributed by atoms with Crippen LogP contribution in [0.2, 0.25) is 0 Å². The van der Waals surface area contributed by atoms with Gasteiger partial charge in [-0.3, -0.25) is 4.79 Å². The lowest BCUT2D eigenvalue weighted by Crippen LogP contribution is -2.30. The molecule has 7 heteroatoms. The fourth-order valence-corrected chi connectivity index (χ4v) is 3.72. The fourth-order valence-electron chi connectivity index (χ4n) is 3.03. The molecule has 24 heavy (non-hydrogen) atoms. The lowest BCUT2D eigenvalue weighted by Gasteiger charge is -2.21. The molecule has 3 rings (SSSR count). The highest BCUT2D eigenvalue weighted by atomic mass is 32.1. The molecule has 2 aromatic rings. The Morgan fingerprint density at radius 1 is 1.17 bits per heavy atom. The number of hydrogen-bond donors (Lipinski definition) is 2. The van der Waals surface area contributed by atoms with Gasteiger partial charge in [0.25, 0.3) is 5.91 Å². The summed E-state index contributed by atoms with van der Waals surface area (Å²) in [7, 11) is 0. The summed E-state index contributed by atoms with van der Waals surface area (Å²) in [4.78, 5) is 25.2. The highest BCUT2D eigenvalue weighted by Gasteiger charge is 2.16. The summed E-state index contributed by atoms with van der Waals surface area (Å²) in [6.45, 7) is 4.59. The number of amides is 1. The molecule has 0 atom stereocenters. The smallest absolute Gasteiger partial charge is 0.270 e. The van der Waals surface area contributed by atoms with Crippen molar-refractivity contribution in [3.8, 4) is 0 Å². The van der Waals surface area contributed by atoms with E-state index in [1.54, 1.807) is 5.38 Å². The van der Waals surface area contributed by atoms with Crippen molar-refractivity contribution >= 4 is 28.3 Å². The zero-order valence-electron chi connectivity index (χ0n) is 14.1. The Bertz CT molecular complexity index is 689. The number of thiazole rings is 1. The van der Waals surface area contributed by atoms with E-state index in [4.69, 9.17) is 0 Å². The summed E-state index contributed by atoms with van der Waals surface area (Å²) >= 11 is 1.38. The third-order valence-corrected chi connectivity index (χ3v) is 4.97. The summed E-state index contributed by atoms with van der Waals surface area (Å²) in [6, 6.07) is 1.91. The van der Waals surface area contributed by atoms with Crippen molar-refractivity contribution in [2.45, 2.75) is 46.0 Å². The van der Waals surface area contributed by atoms with E-state index in [-0.39, 0.29) is 5.91 Å². The molecule has 1 aliphatic carbocycles. The predicted octanol–water partition coefficient (Wildman–Crippen LogP) is 3.60. The van der Waals surface area contributed by atoms with Gasteiger partial charge in [0.2, 0.25) is 5.95 Å². The Morgan fingerprint density at radius 3 is 2.58 bits per heavy atom. The zero-order chi connectivity index (χ0) is 16.9. The van der Waals surface area contributed by atoms with Crippen LogP contribution in [0.5, 0.6) is 0 Å². The van der Waals surface area contributed by atoms with E-state index in [0.29, 0.717) is 22.7 Å². The van der Waals surface area contributed by atoms with Crippen LogP contribution in [0, 0.1) is 19.8 Å². The van der Waals surface area contributed by atoms with Gasteiger partial charge in [0.15, 0.2) is 5.13 Å². The molecule has 0 aliphatic heterocycles. The van der Waals surface area contributed by atoms with Crippen molar-refractivity contribution in [3.63, 3.8) is 0 Å². The van der Waals surface area contributed by atoms with Gasteiger partial charge in [-0.2, -0.15) is 0 Å². The summed E-state index contributed by atoms with van der Waals surface area (Å²) in [5.74, 6) is 1.02. The monoisotopic (exact) mass is 345 g/mol. The summed E-state index contributed by atoms with van der Waals surface area (Å²) < 4.78 is 0. The Morgan fingerprint density at radius 2 is 1.88 bits per heavy atom. The minimum Gasteiger partial charge on any atom is -0.350 e. The maximum atomic E-state index is 12.2. The third kappa shape index (κ3) is 4.50. The summed E-state index contributed by atoms with van der Waals surface area (Å²) in [5.41, 5.74) is 2.24. The van der Waals surface area contributed by atoms with Crippen LogP contribution in [0.25, 0.3) is 0 Å². The van der Waals surface area contributed by atoms with E-state index >= 15 is 0 Å². The average Bonchev–Trinajstić information content (AvgIpc) is 3.01. The molecule has 2 aromatic heterocycles. The topological polar surface area (TPSA) is 79.8 Å². The molecule has 2 heterocycles. The van der Waals surface area contributed by atoms with Crippen molar-refractivity contribution in [1.29, 1.82) is 0 Å². The van der Waals surface area contributed by atoms with E-state index in [9.17, 15) is 4.79 Å². The number of rotatable bonds is 5.